The number of hydrogen-bond donors (Lipinski definition) is 1. The van der Waals surface area contributed by atoms with E-state index in [1.54, 1.807) is 27.7 Å². The van der Waals surface area contributed by atoms with Gasteiger partial charge in [-0.15, -0.1) is 0 Å². The molecule has 1 aromatic carbocycles. The van der Waals surface area contributed by atoms with Crippen LogP contribution in [0, 0.1) is 0 Å². The first-order chi connectivity index (χ1) is 12.0. The van der Waals surface area contributed by atoms with Crippen molar-refractivity contribution in [3.63, 3.8) is 0 Å². The maximum absolute atomic E-state index is 13.2. The SMILES string of the molecule is CC(C)OP(=O)(OC(C)C)C(CCNCc1ccccc1)OS(C)(=O)=O. The topological polar surface area (TPSA) is 90.9 Å². The first kappa shape index (κ1) is 23.3. The zero-order chi connectivity index (χ0) is 19.8. The lowest BCUT2D eigenvalue weighted by atomic mass is 10.2. The van der Waals surface area contributed by atoms with Crippen LogP contribution in [0.15, 0.2) is 30.3 Å². The van der Waals surface area contributed by atoms with Gasteiger partial charge in [0.15, 0.2) is 5.85 Å². The van der Waals surface area contributed by atoms with E-state index >= 15 is 0 Å². The van der Waals surface area contributed by atoms with Crippen LogP contribution in [0.2, 0.25) is 0 Å². The van der Waals surface area contributed by atoms with Crippen LogP contribution in [0.4, 0.5) is 0 Å². The summed E-state index contributed by atoms with van der Waals surface area (Å²) in [5, 5.41) is 3.19. The normalized spacial score (nSPS) is 14.1. The van der Waals surface area contributed by atoms with E-state index in [-0.39, 0.29) is 6.42 Å². The average molecular weight is 407 g/mol. The molecule has 1 unspecified atom stereocenters. The lowest BCUT2D eigenvalue weighted by molar-refractivity contribution is 0.107. The molecular weight excluding hydrogens is 377 g/mol. The number of nitrogens with one attached hydrogen (secondary N) is 1. The second-order valence-corrected chi connectivity index (χ2v) is 10.2. The highest BCUT2D eigenvalue weighted by molar-refractivity contribution is 7.86. The van der Waals surface area contributed by atoms with E-state index in [1.807, 2.05) is 30.3 Å². The molecule has 1 atom stereocenters. The van der Waals surface area contributed by atoms with Crippen LogP contribution in [0.1, 0.15) is 39.7 Å². The number of hydrogen-bond acceptors (Lipinski definition) is 7. The molecule has 0 bridgehead atoms. The molecule has 1 aromatic rings. The van der Waals surface area contributed by atoms with Crippen LogP contribution in [0.5, 0.6) is 0 Å². The minimum Gasteiger partial charge on any atom is -0.313 e. The Morgan fingerprint density at radius 3 is 2.04 bits per heavy atom. The molecule has 0 amide bonds. The van der Waals surface area contributed by atoms with Crippen LogP contribution < -0.4 is 5.32 Å². The molecule has 150 valence electrons. The fourth-order valence-corrected chi connectivity index (χ4v) is 5.60. The molecule has 1 N–H and O–H groups in total. The van der Waals surface area contributed by atoms with Gasteiger partial charge in [-0.1, -0.05) is 30.3 Å². The summed E-state index contributed by atoms with van der Waals surface area (Å²) in [5.74, 6) is -1.20. The van der Waals surface area contributed by atoms with Crippen molar-refractivity contribution in [2.75, 3.05) is 12.8 Å². The Balaban J connectivity index is 2.82. The van der Waals surface area contributed by atoms with E-state index in [2.05, 4.69) is 5.32 Å². The highest BCUT2D eigenvalue weighted by Crippen LogP contribution is 2.56. The Hall–Kier alpha value is -0.760. The highest BCUT2D eigenvalue weighted by atomic mass is 32.2. The molecule has 0 spiro atoms. The van der Waals surface area contributed by atoms with Crippen molar-refractivity contribution < 1.29 is 26.2 Å². The first-order valence-electron chi connectivity index (χ1n) is 8.61. The van der Waals surface area contributed by atoms with Gasteiger partial charge in [-0.05, 0) is 46.2 Å². The Morgan fingerprint density at radius 2 is 1.58 bits per heavy atom. The molecule has 0 saturated heterocycles. The fourth-order valence-electron chi connectivity index (χ4n) is 2.26. The van der Waals surface area contributed by atoms with Crippen molar-refractivity contribution in [2.45, 2.75) is 58.7 Å². The van der Waals surface area contributed by atoms with Gasteiger partial charge < -0.3 is 14.4 Å². The third kappa shape index (κ3) is 9.26. The number of rotatable bonds is 12. The van der Waals surface area contributed by atoms with E-state index < -0.39 is 35.8 Å². The average Bonchev–Trinajstić information content (AvgIpc) is 2.48. The zero-order valence-corrected chi connectivity index (χ0v) is 17.8. The fraction of sp³-hybridized carbons (Fsp3) is 0.647. The highest BCUT2D eigenvalue weighted by Gasteiger charge is 2.41. The molecule has 7 nitrogen and oxygen atoms in total. The van der Waals surface area contributed by atoms with Crippen molar-refractivity contribution in [1.82, 2.24) is 5.32 Å². The lowest BCUT2D eigenvalue weighted by Crippen LogP contribution is -2.27. The molecule has 0 aliphatic rings. The van der Waals surface area contributed by atoms with Crippen molar-refractivity contribution in [1.29, 1.82) is 0 Å². The van der Waals surface area contributed by atoms with E-state index in [0.717, 1.165) is 11.8 Å². The standard InChI is InChI=1S/C17H30NO6PS/c1-14(2)22-25(19,23-15(3)4)17(24-26(5,20)21)11-12-18-13-16-9-7-6-8-10-16/h6-10,14-15,17-18H,11-13H2,1-5H3. The molecule has 9 heteroatoms. The van der Waals surface area contributed by atoms with Gasteiger partial charge in [0, 0.05) is 6.54 Å². The predicted molar refractivity (Wildman–Crippen MR) is 103 cm³/mol. The summed E-state index contributed by atoms with van der Waals surface area (Å²) in [7, 11) is -7.62. The summed E-state index contributed by atoms with van der Waals surface area (Å²) < 4.78 is 52.5. The molecule has 26 heavy (non-hydrogen) atoms. The summed E-state index contributed by atoms with van der Waals surface area (Å²) in [6, 6.07) is 9.77. The van der Waals surface area contributed by atoms with Gasteiger partial charge in [-0.3, -0.25) is 8.75 Å². The van der Waals surface area contributed by atoms with Crippen LogP contribution in [-0.2, 0) is 34.5 Å². The zero-order valence-electron chi connectivity index (χ0n) is 16.0. The maximum Gasteiger partial charge on any atom is 0.361 e. The van der Waals surface area contributed by atoms with E-state index in [4.69, 9.17) is 13.2 Å². The van der Waals surface area contributed by atoms with E-state index in [0.29, 0.717) is 13.1 Å². The Labute approximate surface area is 157 Å². The van der Waals surface area contributed by atoms with Gasteiger partial charge >= 0.3 is 7.60 Å². The Kier molecular flexibility index (Phi) is 9.44. The predicted octanol–water partition coefficient (Wildman–Crippen LogP) is 3.51. The van der Waals surface area contributed by atoms with Gasteiger partial charge in [0.05, 0.1) is 18.5 Å². The smallest absolute Gasteiger partial charge is 0.313 e. The molecule has 1 rings (SSSR count). The molecule has 0 heterocycles. The molecular formula is C17H30NO6PS. The largest absolute Gasteiger partial charge is 0.361 e. The number of benzene rings is 1. The maximum atomic E-state index is 13.2. The minimum absolute atomic E-state index is 0.163. The van der Waals surface area contributed by atoms with Crippen LogP contribution >= 0.6 is 7.60 Å². The quantitative estimate of drug-likeness (QED) is 0.322. The van der Waals surface area contributed by atoms with E-state index in [1.165, 1.54) is 0 Å². The van der Waals surface area contributed by atoms with Gasteiger partial charge in [0.1, 0.15) is 0 Å². The Bertz CT molecular complexity index is 664. The van der Waals surface area contributed by atoms with Gasteiger partial charge in [0.2, 0.25) is 0 Å². The van der Waals surface area contributed by atoms with E-state index in [9.17, 15) is 13.0 Å². The van der Waals surface area contributed by atoms with Crippen LogP contribution in [-0.4, -0.2) is 39.3 Å². The first-order valence-corrected chi connectivity index (χ1v) is 12.0. The van der Waals surface area contributed by atoms with Crippen molar-refractivity contribution in [3.05, 3.63) is 35.9 Å². The van der Waals surface area contributed by atoms with Gasteiger partial charge in [-0.2, -0.15) is 8.42 Å². The van der Waals surface area contributed by atoms with Crippen molar-refractivity contribution >= 4 is 17.7 Å². The molecule has 0 radical (unpaired) electrons. The summed E-state index contributed by atoms with van der Waals surface area (Å²) in [5.41, 5.74) is 1.09. The molecule has 0 aromatic heterocycles. The molecule has 0 aliphatic carbocycles. The lowest BCUT2D eigenvalue weighted by Gasteiger charge is -2.29. The third-order valence-corrected chi connectivity index (χ3v) is 6.32. The third-order valence-electron chi connectivity index (χ3n) is 3.09. The molecule has 0 fully saturated rings. The molecule has 0 saturated carbocycles. The van der Waals surface area contributed by atoms with Crippen LogP contribution in [0.25, 0.3) is 0 Å². The summed E-state index contributed by atoms with van der Waals surface area (Å²) in [4.78, 5) is 0. The van der Waals surface area contributed by atoms with Gasteiger partial charge in [-0.25, -0.2) is 0 Å². The van der Waals surface area contributed by atoms with Crippen LogP contribution in [0.3, 0.4) is 0 Å². The second kappa shape index (κ2) is 10.5. The summed E-state index contributed by atoms with van der Waals surface area (Å²) in [6.07, 6.45) is 0.286. The molecule has 0 aliphatic heterocycles. The summed E-state index contributed by atoms with van der Waals surface area (Å²) >= 11 is 0. The van der Waals surface area contributed by atoms with Gasteiger partial charge in [0.25, 0.3) is 10.1 Å². The summed E-state index contributed by atoms with van der Waals surface area (Å²) in [6.45, 7) is 7.83. The Morgan fingerprint density at radius 1 is 1.04 bits per heavy atom. The second-order valence-electron chi connectivity index (χ2n) is 6.55. The minimum atomic E-state index is -3.83. The van der Waals surface area contributed by atoms with Crippen molar-refractivity contribution in [3.8, 4) is 0 Å². The monoisotopic (exact) mass is 407 g/mol. The van der Waals surface area contributed by atoms with Crippen molar-refractivity contribution in [2.24, 2.45) is 0 Å².